The zero-order chi connectivity index (χ0) is 17.7. The largest absolute Gasteiger partial charge is 0.473 e. The number of piperidine rings is 1. The molecule has 0 saturated carbocycles. The second-order valence-electron chi connectivity index (χ2n) is 6.81. The highest BCUT2D eigenvalue weighted by molar-refractivity contribution is 7.85. The van der Waals surface area contributed by atoms with Gasteiger partial charge in [0, 0.05) is 19.3 Å². The first-order valence-corrected chi connectivity index (χ1v) is 10.5. The molecular weight excluding hydrogens is 340 g/mol. The molecule has 0 unspecified atom stereocenters. The lowest BCUT2D eigenvalue weighted by Gasteiger charge is -2.33. The van der Waals surface area contributed by atoms with Crippen LogP contribution in [0.1, 0.15) is 18.4 Å². The van der Waals surface area contributed by atoms with Crippen molar-refractivity contribution in [2.24, 2.45) is 5.92 Å². The summed E-state index contributed by atoms with van der Waals surface area (Å²) >= 11 is 0. The summed E-state index contributed by atoms with van der Waals surface area (Å²) in [5.41, 5.74) is 1.37. The van der Waals surface area contributed by atoms with E-state index in [9.17, 15) is 8.42 Å². The van der Waals surface area contributed by atoms with E-state index in [-0.39, 0.29) is 6.61 Å². The van der Waals surface area contributed by atoms with Crippen molar-refractivity contribution in [1.29, 1.82) is 0 Å². The molecule has 0 radical (unpaired) electrons. The number of benzene rings is 1. The zero-order valence-electron chi connectivity index (χ0n) is 14.6. The number of rotatable bonds is 7. The van der Waals surface area contributed by atoms with Crippen LogP contribution in [-0.2, 0) is 25.6 Å². The van der Waals surface area contributed by atoms with Crippen molar-refractivity contribution in [2.75, 3.05) is 39.2 Å². The topological polar surface area (TPSA) is 59.1 Å². The molecule has 0 bridgehead atoms. The van der Waals surface area contributed by atoms with Crippen LogP contribution in [0.2, 0.25) is 0 Å². The Morgan fingerprint density at radius 2 is 1.92 bits per heavy atom. The highest BCUT2D eigenvalue weighted by atomic mass is 32.2. The monoisotopic (exact) mass is 366 g/mol. The molecule has 138 valence electrons. The Morgan fingerprint density at radius 3 is 2.60 bits per heavy atom. The van der Waals surface area contributed by atoms with Gasteiger partial charge in [-0.2, -0.15) is 8.42 Å². The van der Waals surface area contributed by atoms with Crippen LogP contribution in [0.15, 0.2) is 42.3 Å². The van der Waals surface area contributed by atoms with Crippen LogP contribution in [0, 0.1) is 5.92 Å². The van der Waals surface area contributed by atoms with E-state index in [0.29, 0.717) is 18.4 Å². The molecule has 0 amide bonds. The second-order valence-corrected chi connectivity index (χ2v) is 8.46. The van der Waals surface area contributed by atoms with E-state index in [1.54, 1.807) is 0 Å². The smallest absolute Gasteiger partial charge is 0.264 e. The Morgan fingerprint density at radius 1 is 1.20 bits per heavy atom. The first-order chi connectivity index (χ1) is 12.0. The van der Waals surface area contributed by atoms with Crippen LogP contribution < -0.4 is 0 Å². The van der Waals surface area contributed by atoms with Crippen molar-refractivity contribution in [1.82, 2.24) is 9.80 Å². The number of nitrogens with zero attached hydrogens (tertiary/aromatic N) is 2. The predicted octanol–water partition coefficient (Wildman–Crippen LogP) is 2.01. The molecule has 2 aliphatic heterocycles. The Hall–Kier alpha value is -1.57. The van der Waals surface area contributed by atoms with Gasteiger partial charge in [0.25, 0.3) is 10.1 Å². The highest BCUT2D eigenvalue weighted by Gasteiger charge is 2.23. The summed E-state index contributed by atoms with van der Waals surface area (Å²) in [5.74, 6) is 1.22. The van der Waals surface area contributed by atoms with Gasteiger partial charge in [-0.25, -0.2) is 0 Å². The van der Waals surface area contributed by atoms with Crippen molar-refractivity contribution < 1.29 is 17.3 Å². The van der Waals surface area contributed by atoms with Gasteiger partial charge in [-0.3, -0.25) is 9.08 Å². The van der Waals surface area contributed by atoms with Crippen molar-refractivity contribution in [3.63, 3.8) is 0 Å². The molecular formula is C18H26N2O4S. The van der Waals surface area contributed by atoms with Gasteiger partial charge in [0.05, 0.1) is 6.26 Å². The quantitative estimate of drug-likeness (QED) is 0.688. The van der Waals surface area contributed by atoms with Crippen LogP contribution in [-0.4, -0.2) is 57.4 Å². The number of ether oxygens (including phenoxy) is 1. The predicted molar refractivity (Wildman–Crippen MR) is 96.0 cm³/mol. The van der Waals surface area contributed by atoms with Crippen LogP contribution in [0.5, 0.6) is 0 Å². The fourth-order valence-electron chi connectivity index (χ4n) is 3.29. The second kappa shape index (κ2) is 8.21. The molecule has 2 aliphatic rings. The SMILES string of the molecule is CS(=O)(=O)OCC1=CN(CC2CCN(Cc3ccccc3)CC2)CO1. The number of likely N-dealkylation sites (tertiary alicyclic amines) is 1. The van der Waals surface area contributed by atoms with E-state index >= 15 is 0 Å². The lowest BCUT2D eigenvalue weighted by atomic mass is 9.96. The summed E-state index contributed by atoms with van der Waals surface area (Å²) in [6.07, 6.45) is 5.27. The van der Waals surface area contributed by atoms with Crippen molar-refractivity contribution in [3.05, 3.63) is 47.9 Å². The first-order valence-electron chi connectivity index (χ1n) is 8.66. The molecule has 1 fully saturated rings. The summed E-state index contributed by atoms with van der Waals surface area (Å²) in [4.78, 5) is 4.62. The van der Waals surface area contributed by atoms with E-state index < -0.39 is 10.1 Å². The normalized spacial score (nSPS) is 19.7. The molecule has 1 aromatic rings. The third-order valence-electron chi connectivity index (χ3n) is 4.61. The molecule has 1 saturated heterocycles. The van der Waals surface area contributed by atoms with Crippen molar-refractivity contribution in [3.8, 4) is 0 Å². The maximum Gasteiger partial charge on any atom is 0.264 e. The molecule has 1 aromatic carbocycles. The minimum Gasteiger partial charge on any atom is -0.473 e. The van der Waals surface area contributed by atoms with Gasteiger partial charge in [-0.1, -0.05) is 30.3 Å². The Kier molecular flexibility index (Phi) is 5.98. The van der Waals surface area contributed by atoms with E-state index in [1.807, 2.05) is 6.20 Å². The minimum absolute atomic E-state index is 0.0230. The summed E-state index contributed by atoms with van der Waals surface area (Å²) in [6, 6.07) is 10.6. The summed E-state index contributed by atoms with van der Waals surface area (Å²) < 4.78 is 32.3. The molecule has 6 nitrogen and oxygen atoms in total. The van der Waals surface area contributed by atoms with Crippen LogP contribution in [0.25, 0.3) is 0 Å². The van der Waals surface area contributed by atoms with E-state index in [2.05, 4.69) is 40.1 Å². The summed E-state index contributed by atoms with van der Waals surface area (Å²) in [5, 5.41) is 0. The van der Waals surface area contributed by atoms with Crippen LogP contribution in [0.4, 0.5) is 0 Å². The van der Waals surface area contributed by atoms with E-state index in [0.717, 1.165) is 32.4 Å². The maximum absolute atomic E-state index is 11.0. The van der Waals surface area contributed by atoms with E-state index in [1.165, 1.54) is 18.4 Å². The van der Waals surface area contributed by atoms with Crippen LogP contribution >= 0.6 is 0 Å². The fourth-order valence-corrected chi connectivity index (χ4v) is 3.62. The molecule has 2 heterocycles. The van der Waals surface area contributed by atoms with Gasteiger partial charge in [0.2, 0.25) is 0 Å². The Labute approximate surface area is 150 Å². The highest BCUT2D eigenvalue weighted by Crippen LogP contribution is 2.22. The average Bonchev–Trinajstić information content (AvgIpc) is 3.03. The third kappa shape index (κ3) is 6.02. The van der Waals surface area contributed by atoms with Gasteiger partial charge in [-0.05, 0) is 37.4 Å². The lowest BCUT2D eigenvalue weighted by molar-refractivity contribution is 0.105. The minimum atomic E-state index is -3.43. The molecule has 7 heteroatoms. The average molecular weight is 366 g/mol. The van der Waals surface area contributed by atoms with Gasteiger partial charge >= 0.3 is 0 Å². The molecule has 0 atom stereocenters. The van der Waals surface area contributed by atoms with Gasteiger partial charge < -0.3 is 9.64 Å². The molecule has 0 aliphatic carbocycles. The fraction of sp³-hybridized carbons (Fsp3) is 0.556. The molecule has 0 aromatic heterocycles. The molecule has 3 rings (SSSR count). The lowest BCUT2D eigenvalue weighted by Crippen LogP contribution is -2.36. The number of hydrogen-bond donors (Lipinski definition) is 0. The first kappa shape index (κ1) is 18.2. The van der Waals surface area contributed by atoms with Gasteiger partial charge in [-0.15, -0.1) is 0 Å². The summed E-state index contributed by atoms with van der Waals surface area (Å²) in [6.45, 7) is 4.65. The summed E-state index contributed by atoms with van der Waals surface area (Å²) in [7, 11) is -3.43. The molecule has 0 spiro atoms. The maximum atomic E-state index is 11.0. The van der Waals surface area contributed by atoms with Gasteiger partial charge in [0.1, 0.15) is 12.4 Å². The zero-order valence-corrected chi connectivity index (χ0v) is 15.5. The Balaban J connectivity index is 1.40. The van der Waals surface area contributed by atoms with Gasteiger partial charge in [0.15, 0.2) is 6.73 Å². The standard InChI is InChI=1S/C18H26N2O4S/c1-25(21,22)24-14-18-13-20(15-23-18)12-17-7-9-19(10-8-17)11-16-5-3-2-4-6-16/h2-6,13,17H,7-12,14-15H2,1H3. The van der Waals surface area contributed by atoms with Crippen molar-refractivity contribution in [2.45, 2.75) is 19.4 Å². The molecule has 0 N–H and O–H groups in total. The number of hydrogen-bond acceptors (Lipinski definition) is 6. The Bertz CT molecular complexity index is 682. The van der Waals surface area contributed by atoms with E-state index in [4.69, 9.17) is 8.92 Å². The third-order valence-corrected chi connectivity index (χ3v) is 5.15. The van der Waals surface area contributed by atoms with Crippen molar-refractivity contribution >= 4 is 10.1 Å². The van der Waals surface area contributed by atoms with Crippen LogP contribution in [0.3, 0.4) is 0 Å². The molecule has 25 heavy (non-hydrogen) atoms.